The number of benzene rings is 1. The molecule has 7 atom stereocenters. The number of unbranched alkanes of at least 4 members (excludes halogenated alkanes) is 9. The first-order chi connectivity index (χ1) is 37.3. The number of phosphoric ester groups is 1. The van der Waals surface area contributed by atoms with E-state index in [1.54, 1.807) is 23.0 Å². The summed E-state index contributed by atoms with van der Waals surface area (Å²) in [5.41, 5.74) is 26.5. The van der Waals surface area contributed by atoms with Gasteiger partial charge in [0.15, 0.2) is 17.4 Å². The number of nitrogens with two attached hydrogens (primary N) is 4. The molecule has 434 valence electrons. The van der Waals surface area contributed by atoms with Gasteiger partial charge in [-0.25, -0.2) is 19.5 Å². The Morgan fingerprint density at radius 3 is 2.26 bits per heavy atom. The van der Waals surface area contributed by atoms with Crippen LogP contribution in [0.5, 0.6) is 5.75 Å². The van der Waals surface area contributed by atoms with Gasteiger partial charge in [-0.05, 0) is 62.6 Å². The number of amides is 5. The number of rotatable bonds is 39. The standard InChI is InChI=1S/C50H82N15O12P/c1-4-74-39-27-44(65-32-59-45-46(51)57-31-58-48(45)65)77-40(39)30-76-78(72,73)75-23-14-12-10-8-6-5-7-9-11-13-21-55-42(68)28-60-61-29-43(69)62-35(16-15-22-56-50(53)54)26-41(67)63-38(25-34-17-19-36(66)20-18-34)49(71)64-37(47(52)70)24-33(2)3/h17-20,28,31-33,35,37-40,44,61,66H,4-16,21-27,29-30H2,1-3H3,(H2,52,70)(H,55,68)(H,62,69)(H,63,67)(H,64,71)(H,72,73)(H2,51,57,58)(H4,53,54,56)/b60-28-/t35-,37-,38-,39?,40?,44?/m0/s1. The maximum atomic E-state index is 13.5. The van der Waals surface area contributed by atoms with Crippen LogP contribution >= 0.6 is 7.82 Å². The van der Waals surface area contributed by atoms with E-state index in [9.17, 15) is 38.5 Å². The summed E-state index contributed by atoms with van der Waals surface area (Å²) in [7, 11) is -4.32. The van der Waals surface area contributed by atoms with E-state index < -0.39 is 73.9 Å². The number of anilines is 1. The van der Waals surface area contributed by atoms with Gasteiger partial charge in [-0.2, -0.15) is 5.10 Å². The predicted molar refractivity (Wildman–Crippen MR) is 292 cm³/mol. The Balaban J connectivity index is 1.05. The lowest BCUT2D eigenvalue weighted by atomic mass is 10.0. The molecule has 5 amide bonds. The molecule has 0 bridgehead atoms. The molecule has 28 heteroatoms. The molecule has 0 spiro atoms. The van der Waals surface area contributed by atoms with E-state index in [0.717, 1.165) is 64.0 Å². The van der Waals surface area contributed by atoms with Gasteiger partial charge in [0.25, 0.3) is 5.91 Å². The normalized spacial score (nSPS) is 17.3. The van der Waals surface area contributed by atoms with Gasteiger partial charge in [0.2, 0.25) is 23.6 Å². The molecule has 2 aromatic heterocycles. The minimum absolute atomic E-state index is 0.0215. The fourth-order valence-corrected chi connectivity index (χ4v) is 9.36. The minimum Gasteiger partial charge on any atom is -0.508 e. The van der Waals surface area contributed by atoms with Crippen LogP contribution < -0.4 is 49.6 Å². The molecule has 3 heterocycles. The van der Waals surface area contributed by atoms with Crippen molar-refractivity contribution in [1.82, 2.24) is 46.2 Å². The topological polar surface area (TPSA) is 412 Å². The fourth-order valence-electron chi connectivity index (χ4n) is 8.59. The van der Waals surface area contributed by atoms with E-state index >= 15 is 0 Å². The van der Waals surface area contributed by atoms with Crippen LogP contribution in [0.4, 0.5) is 5.82 Å². The van der Waals surface area contributed by atoms with Gasteiger partial charge in [-0.15, -0.1) is 0 Å². The zero-order valence-electron chi connectivity index (χ0n) is 45.1. The van der Waals surface area contributed by atoms with Crippen LogP contribution in [-0.2, 0) is 53.5 Å². The number of nitrogens with zero attached hydrogens (tertiary/aromatic N) is 6. The highest BCUT2D eigenvalue weighted by Gasteiger charge is 2.39. The molecule has 3 aromatic rings. The summed E-state index contributed by atoms with van der Waals surface area (Å²) in [5.74, 6) is -2.65. The molecule has 1 fully saturated rings. The van der Waals surface area contributed by atoms with Crippen molar-refractivity contribution in [2.24, 2.45) is 33.2 Å². The number of carbonyl (C=O) groups is 5. The Bertz CT molecular complexity index is 2440. The average molecular weight is 1120 g/mol. The molecule has 0 aliphatic carbocycles. The first kappa shape index (κ1) is 64.0. The lowest BCUT2D eigenvalue weighted by Gasteiger charge is -2.24. The fraction of sp³-hybridized carbons (Fsp3) is 0.640. The Labute approximate surface area is 455 Å². The van der Waals surface area contributed by atoms with Crippen LogP contribution in [-0.4, -0.2) is 141 Å². The van der Waals surface area contributed by atoms with Gasteiger partial charge in [-0.3, -0.25) is 42.6 Å². The number of imidazole rings is 1. The number of phenols is 1. The number of fused-ring (bicyclic) bond motifs is 1. The van der Waals surface area contributed by atoms with E-state index in [1.807, 2.05) is 20.8 Å². The lowest BCUT2D eigenvalue weighted by Crippen LogP contribution is -2.54. The molecule has 4 unspecified atom stereocenters. The zero-order chi connectivity index (χ0) is 56.9. The molecule has 15 N–H and O–H groups in total. The molecule has 0 saturated carbocycles. The van der Waals surface area contributed by atoms with E-state index in [2.05, 4.69) is 51.7 Å². The number of carbonyl (C=O) groups excluding carboxylic acids is 5. The van der Waals surface area contributed by atoms with Crippen molar-refractivity contribution in [3.8, 4) is 5.75 Å². The summed E-state index contributed by atoms with van der Waals surface area (Å²) in [6.07, 6.45) is 13.1. The molecule has 4 rings (SSSR count). The molecule has 1 aliphatic rings. The minimum atomic E-state index is -4.32. The second kappa shape index (κ2) is 34.4. The Morgan fingerprint density at radius 2 is 1.59 bits per heavy atom. The SMILES string of the molecule is CCOC1CC(n2cnc3c(N)ncnc32)OC1COP(=O)(O)OCCCCCCCCCCCCNC(=O)/C=N\NCC(=O)N[C@@H](CCCN=C(N)N)CC(=O)N[C@@H](Cc1ccc(O)cc1)C(=O)N[C@@H](CC(C)C)C(N)=O. The number of nitrogens with one attached hydrogen (secondary N) is 5. The number of phenolic OH excluding ortho intramolecular Hbond substituents is 1. The van der Waals surface area contributed by atoms with Crippen LogP contribution in [0.1, 0.15) is 129 Å². The van der Waals surface area contributed by atoms with Gasteiger partial charge >= 0.3 is 7.82 Å². The number of primary amides is 1. The molecule has 1 saturated heterocycles. The zero-order valence-corrected chi connectivity index (χ0v) is 46.0. The number of hydrogen-bond acceptors (Lipinski definition) is 18. The quantitative estimate of drug-likeness (QED) is 0.0128. The van der Waals surface area contributed by atoms with Gasteiger partial charge < -0.3 is 69.1 Å². The van der Waals surface area contributed by atoms with Crippen LogP contribution in [0.3, 0.4) is 0 Å². The number of phosphoric acid groups is 1. The third-order valence-corrected chi connectivity index (χ3v) is 13.5. The number of guanidine groups is 1. The number of hydrogen-bond donors (Lipinski definition) is 11. The Kier molecular flexibility index (Phi) is 28.2. The highest BCUT2D eigenvalue weighted by Crippen LogP contribution is 2.45. The number of aromatic nitrogens is 4. The Morgan fingerprint density at radius 1 is 0.897 bits per heavy atom. The number of hydrazone groups is 1. The molecule has 1 aromatic carbocycles. The van der Waals surface area contributed by atoms with Crippen molar-refractivity contribution in [3.05, 3.63) is 42.5 Å². The van der Waals surface area contributed by atoms with Gasteiger partial charge in [0.1, 0.15) is 54.8 Å². The number of ether oxygens (including phenoxy) is 2. The Hall–Kier alpha value is -6.51. The summed E-state index contributed by atoms with van der Waals surface area (Å²) in [5, 5.41) is 24.5. The average Bonchev–Trinajstić information content (AvgIpc) is 4.02. The third-order valence-electron chi connectivity index (χ3n) is 12.5. The van der Waals surface area contributed by atoms with Crippen LogP contribution in [0.25, 0.3) is 11.2 Å². The lowest BCUT2D eigenvalue weighted by molar-refractivity contribution is -0.131. The number of aliphatic imine (C=N–C) groups is 1. The highest BCUT2D eigenvalue weighted by atomic mass is 31.2. The monoisotopic (exact) mass is 1120 g/mol. The molecular weight excluding hydrogens is 1030 g/mol. The second-order valence-corrected chi connectivity index (χ2v) is 20.9. The van der Waals surface area contributed by atoms with Crippen molar-refractivity contribution in [2.75, 3.05) is 45.2 Å². The van der Waals surface area contributed by atoms with Crippen LogP contribution in [0.15, 0.2) is 47.0 Å². The van der Waals surface area contributed by atoms with Crippen LogP contribution in [0, 0.1) is 5.92 Å². The molecule has 78 heavy (non-hydrogen) atoms. The molecule has 0 radical (unpaired) electrons. The molecule has 1 aliphatic heterocycles. The van der Waals surface area contributed by atoms with Crippen molar-refractivity contribution in [1.29, 1.82) is 0 Å². The number of aromatic hydroxyl groups is 1. The van der Waals surface area contributed by atoms with E-state index in [0.29, 0.717) is 62.0 Å². The van der Waals surface area contributed by atoms with Crippen LogP contribution in [0.2, 0.25) is 0 Å². The van der Waals surface area contributed by atoms with Gasteiger partial charge in [0.05, 0.1) is 25.6 Å². The van der Waals surface area contributed by atoms with Gasteiger partial charge in [0, 0.05) is 45.0 Å². The maximum absolute atomic E-state index is 13.5. The largest absolute Gasteiger partial charge is 0.508 e. The third kappa shape index (κ3) is 24.4. The summed E-state index contributed by atoms with van der Waals surface area (Å²) >= 11 is 0. The van der Waals surface area contributed by atoms with Crippen molar-refractivity contribution in [2.45, 2.75) is 160 Å². The second-order valence-electron chi connectivity index (χ2n) is 19.5. The van der Waals surface area contributed by atoms with Crippen molar-refractivity contribution >= 4 is 66.5 Å². The van der Waals surface area contributed by atoms with Crippen molar-refractivity contribution in [3.63, 3.8) is 0 Å². The first-order valence-corrected chi connectivity index (χ1v) is 28.2. The summed E-state index contributed by atoms with van der Waals surface area (Å²) in [6, 6.07) is 3.30. The first-order valence-electron chi connectivity index (χ1n) is 26.7. The summed E-state index contributed by atoms with van der Waals surface area (Å²) < 4.78 is 36.9. The van der Waals surface area contributed by atoms with Gasteiger partial charge in [-0.1, -0.05) is 77.3 Å². The molecule has 27 nitrogen and oxygen atoms in total. The van der Waals surface area contributed by atoms with Crippen molar-refractivity contribution < 1.29 is 57.1 Å². The number of nitrogen functional groups attached to an aromatic ring is 1. The van der Waals surface area contributed by atoms with E-state index in [-0.39, 0.29) is 62.6 Å². The summed E-state index contributed by atoms with van der Waals surface area (Å²) in [6.45, 7) is 6.31. The molecular formula is C50H82N15O12P. The van der Waals surface area contributed by atoms with E-state index in [1.165, 1.54) is 18.5 Å². The van der Waals surface area contributed by atoms with E-state index in [4.69, 9.17) is 41.5 Å². The predicted octanol–water partition coefficient (Wildman–Crippen LogP) is 2.21. The maximum Gasteiger partial charge on any atom is 0.472 e. The summed E-state index contributed by atoms with van der Waals surface area (Å²) in [4.78, 5) is 91.2. The smallest absolute Gasteiger partial charge is 0.472 e. The highest BCUT2D eigenvalue weighted by molar-refractivity contribution is 7.47.